The fourth-order valence-electron chi connectivity index (χ4n) is 2.08. The summed E-state index contributed by atoms with van der Waals surface area (Å²) >= 11 is 0. The van der Waals surface area contributed by atoms with Crippen LogP contribution in [0.2, 0.25) is 0 Å². The second kappa shape index (κ2) is 4.94. The molecule has 2 aliphatic rings. The van der Waals surface area contributed by atoms with E-state index >= 15 is 0 Å². The summed E-state index contributed by atoms with van der Waals surface area (Å²) in [6.45, 7) is 0.360. The van der Waals surface area contributed by atoms with Crippen molar-refractivity contribution >= 4 is 21.8 Å². The Kier molecular flexibility index (Phi) is 3.69. The molecule has 2 amide bonds. The van der Waals surface area contributed by atoms with Gasteiger partial charge in [0.1, 0.15) is 0 Å². The topological polar surface area (TPSA) is 110 Å². The molecule has 1 saturated carbocycles. The summed E-state index contributed by atoms with van der Waals surface area (Å²) in [6.07, 6.45) is 2.30. The van der Waals surface area contributed by atoms with E-state index in [4.69, 9.17) is 5.14 Å². The van der Waals surface area contributed by atoms with Crippen LogP contribution >= 0.6 is 0 Å². The number of primary sulfonamides is 1. The third-order valence-corrected chi connectivity index (χ3v) is 3.95. The van der Waals surface area contributed by atoms with Crippen molar-refractivity contribution in [2.24, 2.45) is 5.14 Å². The fourth-order valence-corrected chi connectivity index (χ4v) is 2.62. The van der Waals surface area contributed by atoms with Crippen LogP contribution < -0.4 is 10.5 Å². The second-order valence-electron chi connectivity index (χ2n) is 4.76. The molecule has 1 aliphatic carbocycles. The zero-order chi connectivity index (χ0) is 13.3. The number of rotatable bonds is 6. The number of imide groups is 1. The number of amides is 2. The summed E-state index contributed by atoms with van der Waals surface area (Å²) in [7, 11) is -3.46. The van der Waals surface area contributed by atoms with Crippen LogP contribution in [0.15, 0.2) is 0 Å². The number of likely N-dealkylation sites (tertiary alicyclic amines) is 1. The zero-order valence-corrected chi connectivity index (χ0v) is 10.8. The van der Waals surface area contributed by atoms with E-state index < -0.39 is 16.1 Å². The number of carbonyl (C=O) groups excluding carboxylic acids is 2. The number of nitrogens with zero attached hydrogens (tertiary/aromatic N) is 1. The molecule has 2 rings (SSSR count). The third-order valence-electron chi connectivity index (χ3n) is 3.09. The van der Waals surface area contributed by atoms with E-state index in [1.807, 2.05) is 0 Å². The first-order valence-electron chi connectivity index (χ1n) is 5.98. The third kappa shape index (κ3) is 3.27. The first-order chi connectivity index (χ1) is 8.38. The molecule has 102 valence electrons. The molecule has 1 atom stereocenters. The van der Waals surface area contributed by atoms with Gasteiger partial charge in [0, 0.05) is 6.04 Å². The van der Waals surface area contributed by atoms with Crippen molar-refractivity contribution in [3.8, 4) is 0 Å². The Morgan fingerprint density at radius 2 is 2.00 bits per heavy atom. The lowest BCUT2D eigenvalue weighted by atomic mass is 10.2. The van der Waals surface area contributed by atoms with Crippen molar-refractivity contribution in [2.75, 3.05) is 12.3 Å². The van der Waals surface area contributed by atoms with Crippen LogP contribution in [0.5, 0.6) is 0 Å². The predicted octanol–water partition coefficient (Wildman–Crippen LogP) is -1.46. The Balaban J connectivity index is 1.77. The van der Waals surface area contributed by atoms with Gasteiger partial charge in [-0.2, -0.15) is 0 Å². The second-order valence-corrected chi connectivity index (χ2v) is 6.50. The largest absolute Gasteiger partial charge is 0.305 e. The van der Waals surface area contributed by atoms with Gasteiger partial charge in [-0.1, -0.05) is 0 Å². The molecule has 0 aromatic heterocycles. The molecule has 1 saturated heterocycles. The predicted molar refractivity (Wildman–Crippen MR) is 63.9 cm³/mol. The summed E-state index contributed by atoms with van der Waals surface area (Å²) < 4.78 is 21.4. The number of nitrogens with two attached hydrogens (primary N) is 1. The van der Waals surface area contributed by atoms with Crippen LogP contribution in [-0.4, -0.2) is 49.5 Å². The van der Waals surface area contributed by atoms with Gasteiger partial charge in [-0.15, -0.1) is 0 Å². The van der Waals surface area contributed by atoms with Crippen LogP contribution in [0.4, 0.5) is 0 Å². The van der Waals surface area contributed by atoms with E-state index in [0.29, 0.717) is 13.0 Å². The molecule has 0 bridgehead atoms. The van der Waals surface area contributed by atoms with E-state index in [-0.39, 0.29) is 30.0 Å². The maximum Gasteiger partial charge on any atom is 0.247 e. The average molecular weight is 275 g/mol. The molecule has 8 heteroatoms. The van der Waals surface area contributed by atoms with Crippen LogP contribution in [0.1, 0.15) is 25.7 Å². The summed E-state index contributed by atoms with van der Waals surface area (Å²) in [5, 5.41) is 7.78. The quantitative estimate of drug-likeness (QED) is 0.455. The molecule has 7 nitrogen and oxygen atoms in total. The molecule has 0 radical (unpaired) electrons. The molecule has 1 aliphatic heterocycles. The summed E-state index contributed by atoms with van der Waals surface area (Å²) in [5.74, 6) is -0.439. The number of sulfonamides is 1. The maximum atomic E-state index is 11.9. The SMILES string of the molecule is NS(=O)(=O)CCCNC1CC(=O)N(C2CC2)C1=O. The minimum Gasteiger partial charge on any atom is -0.305 e. The van der Waals surface area contributed by atoms with Gasteiger partial charge in [0.25, 0.3) is 0 Å². The van der Waals surface area contributed by atoms with Crippen molar-refractivity contribution in [1.82, 2.24) is 10.2 Å². The lowest BCUT2D eigenvalue weighted by molar-refractivity contribution is -0.139. The van der Waals surface area contributed by atoms with Crippen molar-refractivity contribution in [2.45, 2.75) is 37.8 Å². The average Bonchev–Trinajstić information content (AvgIpc) is 3.01. The van der Waals surface area contributed by atoms with E-state index in [1.54, 1.807) is 0 Å². The number of hydrogen-bond acceptors (Lipinski definition) is 5. The lowest BCUT2D eigenvalue weighted by Crippen LogP contribution is -2.40. The highest BCUT2D eigenvalue weighted by molar-refractivity contribution is 7.89. The number of nitrogens with one attached hydrogen (secondary N) is 1. The molecule has 3 N–H and O–H groups in total. The van der Waals surface area contributed by atoms with Gasteiger partial charge in [-0.25, -0.2) is 13.6 Å². The van der Waals surface area contributed by atoms with Crippen molar-refractivity contribution in [3.05, 3.63) is 0 Å². The van der Waals surface area contributed by atoms with Crippen molar-refractivity contribution < 1.29 is 18.0 Å². The Morgan fingerprint density at radius 1 is 1.33 bits per heavy atom. The highest BCUT2D eigenvalue weighted by Gasteiger charge is 2.45. The summed E-state index contributed by atoms with van der Waals surface area (Å²) in [4.78, 5) is 24.9. The van der Waals surface area contributed by atoms with Crippen LogP contribution in [0, 0.1) is 0 Å². The van der Waals surface area contributed by atoms with E-state index in [0.717, 1.165) is 12.8 Å². The van der Waals surface area contributed by atoms with Crippen LogP contribution in [0.25, 0.3) is 0 Å². The van der Waals surface area contributed by atoms with Gasteiger partial charge in [-0.05, 0) is 25.8 Å². The van der Waals surface area contributed by atoms with Gasteiger partial charge >= 0.3 is 0 Å². The van der Waals surface area contributed by atoms with Crippen molar-refractivity contribution in [1.29, 1.82) is 0 Å². The molecule has 1 heterocycles. The fraction of sp³-hybridized carbons (Fsp3) is 0.800. The minimum absolute atomic E-state index is 0.0984. The molecular formula is C10H17N3O4S. The Hall–Kier alpha value is -0.990. The Morgan fingerprint density at radius 3 is 2.56 bits per heavy atom. The van der Waals surface area contributed by atoms with Crippen LogP contribution in [-0.2, 0) is 19.6 Å². The van der Waals surface area contributed by atoms with Gasteiger partial charge in [0.15, 0.2) is 0 Å². The van der Waals surface area contributed by atoms with Crippen LogP contribution in [0.3, 0.4) is 0 Å². The highest BCUT2D eigenvalue weighted by atomic mass is 32.2. The monoisotopic (exact) mass is 275 g/mol. The van der Waals surface area contributed by atoms with Crippen molar-refractivity contribution in [3.63, 3.8) is 0 Å². The molecule has 0 aromatic rings. The summed E-state index contributed by atoms with van der Waals surface area (Å²) in [6, 6.07) is -0.403. The lowest BCUT2D eigenvalue weighted by Gasteiger charge is -2.14. The minimum atomic E-state index is -3.46. The zero-order valence-electron chi connectivity index (χ0n) is 9.96. The van der Waals surface area contributed by atoms with E-state index in [9.17, 15) is 18.0 Å². The molecule has 0 spiro atoms. The first kappa shape index (κ1) is 13.4. The molecule has 1 unspecified atom stereocenters. The van der Waals surface area contributed by atoms with Gasteiger partial charge in [-0.3, -0.25) is 14.5 Å². The maximum absolute atomic E-state index is 11.9. The highest BCUT2D eigenvalue weighted by Crippen LogP contribution is 2.31. The molecular weight excluding hydrogens is 258 g/mol. The molecule has 0 aromatic carbocycles. The Bertz CT molecular complexity index is 458. The van der Waals surface area contributed by atoms with Gasteiger partial charge in [0.05, 0.1) is 18.2 Å². The van der Waals surface area contributed by atoms with E-state index in [1.165, 1.54) is 4.90 Å². The normalized spacial score (nSPS) is 24.9. The van der Waals surface area contributed by atoms with Gasteiger partial charge < -0.3 is 5.32 Å². The summed E-state index contributed by atoms with van der Waals surface area (Å²) in [5.41, 5.74) is 0. The number of hydrogen-bond donors (Lipinski definition) is 2. The Labute approximate surface area is 106 Å². The smallest absolute Gasteiger partial charge is 0.247 e. The van der Waals surface area contributed by atoms with Gasteiger partial charge in [0.2, 0.25) is 21.8 Å². The number of carbonyl (C=O) groups is 2. The molecule has 2 fully saturated rings. The standard InChI is InChI=1S/C10H17N3O4S/c11-18(16,17)5-1-4-12-8-6-9(14)13(10(8)15)7-2-3-7/h7-8,12H,1-6H2,(H2,11,16,17). The molecule has 18 heavy (non-hydrogen) atoms. The van der Waals surface area contributed by atoms with E-state index in [2.05, 4.69) is 5.32 Å². The first-order valence-corrected chi connectivity index (χ1v) is 7.70.